The molecular weight excluding hydrogens is 218 g/mol. The van der Waals surface area contributed by atoms with E-state index >= 15 is 0 Å². The van der Waals surface area contributed by atoms with Crippen molar-refractivity contribution >= 4 is 6.09 Å². The first-order valence-corrected chi connectivity index (χ1v) is 6.20. The fraction of sp³-hybridized carbons (Fsp3) is 0.769. The Kier molecular flexibility index (Phi) is 3.17. The highest BCUT2D eigenvalue weighted by molar-refractivity contribution is 5.68. The van der Waals surface area contributed by atoms with E-state index in [1.165, 1.54) is 0 Å². The number of ether oxygens (including phenoxy) is 2. The molecule has 0 saturated carbocycles. The van der Waals surface area contributed by atoms with Crippen molar-refractivity contribution in [2.75, 3.05) is 19.7 Å². The van der Waals surface area contributed by atoms with Gasteiger partial charge in [0, 0.05) is 13.1 Å². The standard InChI is InChI=1S/C13H21NO3/c1-12(2,3)17-11(15)14-8-6-13(7-9-14)5-4-10-16-13/h4-5H,6-10H2,1-3H3. The van der Waals surface area contributed by atoms with Crippen molar-refractivity contribution < 1.29 is 14.3 Å². The van der Waals surface area contributed by atoms with E-state index in [1.54, 1.807) is 4.90 Å². The highest BCUT2D eigenvalue weighted by Crippen LogP contribution is 2.31. The fourth-order valence-electron chi connectivity index (χ4n) is 2.23. The second-order valence-corrected chi connectivity index (χ2v) is 5.75. The molecule has 0 unspecified atom stereocenters. The molecule has 2 rings (SSSR count). The van der Waals surface area contributed by atoms with Gasteiger partial charge in [-0.15, -0.1) is 0 Å². The second-order valence-electron chi connectivity index (χ2n) is 5.75. The van der Waals surface area contributed by atoms with Crippen LogP contribution in [0.25, 0.3) is 0 Å². The molecule has 1 saturated heterocycles. The minimum Gasteiger partial charge on any atom is -0.444 e. The molecule has 96 valence electrons. The van der Waals surface area contributed by atoms with Gasteiger partial charge in [0.15, 0.2) is 0 Å². The van der Waals surface area contributed by atoms with Crippen molar-refractivity contribution in [1.82, 2.24) is 4.90 Å². The number of hydrogen-bond donors (Lipinski definition) is 0. The predicted octanol–water partition coefficient (Wildman–Crippen LogP) is 2.34. The van der Waals surface area contributed by atoms with E-state index in [0.717, 1.165) is 12.8 Å². The number of hydrogen-bond acceptors (Lipinski definition) is 3. The van der Waals surface area contributed by atoms with Gasteiger partial charge >= 0.3 is 6.09 Å². The van der Waals surface area contributed by atoms with Crippen LogP contribution in [0.2, 0.25) is 0 Å². The van der Waals surface area contributed by atoms with Gasteiger partial charge in [-0.05, 0) is 33.6 Å². The fourth-order valence-corrected chi connectivity index (χ4v) is 2.23. The van der Waals surface area contributed by atoms with Gasteiger partial charge in [-0.3, -0.25) is 0 Å². The molecular formula is C13H21NO3. The molecule has 1 amide bonds. The van der Waals surface area contributed by atoms with E-state index < -0.39 is 5.60 Å². The van der Waals surface area contributed by atoms with Gasteiger partial charge in [0.2, 0.25) is 0 Å². The molecule has 4 nitrogen and oxygen atoms in total. The number of likely N-dealkylation sites (tertiary alicyclic amines) is 1. The summed E-state index contributed by atoms with van der Waals surface area (Å²) in [4.78, 5) is 13.6. The van der Waals surface area contributed by atoms with Gasteiger partial charge in [0.05, 0.1) is 12.2 Å². The average Bonchev–Trinajstić information content (AvgIpc) is 2.65. The van der Waals surface area contributed by atoms with Crippen LogP contribution >= 0.6 is 0 Å². The Hall–Kier alpha value is -1.03. The van der Waals surface area contributed by atoms with E-state index in [4.69, 9.17) is 9.47 Å². The summed E-state index contributed by atoms with van der Waals surface area (Å²) in [6.45, 7) is 7.78. The third-order valence-corrected chi connectivity index (χ3v) is 3.15. The zero-order valence-electron chi connectivity index (χ0n) is 10.9. The van der Waals surface area contributed by atoms with Crippen LogP contribution in [0.1, 0.15) is 33.6 Å². The van der Waals surface area contributed by atoms with E-state index in [2.05, 4.69) is 12.2 Å². The van der Waals surface area contributed by atoms with Gasteiger partial charge < -0.3 is 14.4 Å². The Balaban J connectivity index is 1.86. The van der Waals surface area contributed by atoms with Crippen molar-refractivity contribution in [2.45, 2.75) is 44.8 Å². The maximum Gasteiger partial charge on any atom is 0.410 e. The second kappa shape index (κ2) is 4.33. The number of carbonyl (C=O) groups excluding carboxylic acids is 1. The summed E-state index contributed by atoms with van der Waals surface area (Å²) in [6.07, 6.45) is 5.71. The van der Waals surface area contributed by atoms with E-state index in [9.17, 15) is 4.79 Å². The maximum atomic E-state index is 11.9. The maximum absolute atomic E-state index is 11.9. The van der Waals surface area contributed by atoms with E-state index in [-0.39, 0.29) is 11.7 Å². The van der Waals surface area contributed by atoms with Crippen molar-refractivity contribution in [3.05, 3.63) is 12.2 Å². The molecule has 0 radical (unpaired) electrons. The van der Waals surface area contributed by atoms with E-state index in [0.29, 0.717) is 19.7 Å². The summed E-state index contributed by atoms with van der Waals surface area (Å²) in [5.41, 5.74) is -0.533. The number of nitrogens with zero attached hydrogens (tertiary/aromatic N) is 1. The first-order chi connectivity index (χ1) is 7.90. The predicted molar refractivity (Wildman–Crippen MR) is 64.9 cm³/mol. The van der Waals surface area contributed by atoms with Crippen molar-refractivity contribution in [3.8, 4) is 0 Å². The van der Waals surface area contributed by atoms with Crippen LogP contribution in [0, 0.1) is 0 Å². The molecule has 17 heavy (non-hydrogen) atoms. The quantitative estimate of drug-likeness (QED) is 0.609. The molecule has 2 aliphatic rings. The molecule has 4 heteroatoms. The largest absolute Gasteiger partial charge is 0.444 e. The van der Waals surface area contributed by atoms with Gasteiger partial charge in [-0.1, -0.05) is 12.2 Å². The van der Waals surface area contributed by atoms with Crippen LogP contribution in [-0.4, -0.2) is 41.9 Å². The third-order valence-electron chi connectivity index (χ3n) is 3.15. The molecule has 0 N–H and O–H groups in total. The highest BCUT2D eigenvalue weighted by atomic mass is 16.6. The lowest BCUT2D eigenvalue weighted by Gasteiger charge is -2.38. The lowest BCUT2D eigenvalue weighted by atomic mass is 9.92. The molecule has 2 aliphatic heterocycles. The van der Waals surface area contributed by atoms with Gasteiger partial charge in [-0.25, -0.2) is 4.79 Å². The highest BCUT2D eigenvalue weighted by Gasteiger charge is 2.37. The third kappa shape index (κ3) is 3.00. The minimum absolute atomic E-state index is 0.113. The molecule has 1 spiro atoms. The number of amides is 1. The van der Waals surface area contributed by atoms with Crippen LogP contribution in [0.3, 0.4) is 0 Å². The molecule has 0 aromatic heterocycles. The zero-order valence-corrected chi connectivity index (χ0v) is 10.9. The summed E-state index contributed by atoms with van der Waals surface area (Å²) in [6, 6.07) is 0. The molecule has 2 heterocycles. The molecule has 0 bridgehead atoms. The number of carbonyl (C=O) groups is 1. The Labute approximate surface area is 103 Å². The SMILES string of the molecule is CC(C)(C)OC(=O)N1CCC2(C=CCO2)CC1. The Morgan fingerprint density at radius 2 is 2.00 bits per heavy atom. The molecule has 0 aromatic rings. The van der Waals surface area contributed by atoms with Gasteiger partial charge in [-0.2, -0.15) is 0 Å². The Bertz CT molecular complexity index is 322. The van der Waals surface area contributed by atoms with Crippen molar-refractivity contribution in [2.24, 2.45) is 0 Å². The van der Waals surface area contributed by atoms with Gasteiger partial charge in [0.1, 0.15) is 5.60 Å². The zero-order chi connectivity index (χ0) is 12.5. The molecule has 0 aromatic carbocycles. The normalized spacial score (nSPS) is 23.1. The summed E-state index contributed by atoms with van der Waals surface area (Å²) >= 11 is 0. The average molecular weight is 239 g/mol. The van der Waals surface area contributed by atoms with Crippen LogP contribution in [-0.2, 0) is 9.47 Å². The van der Waals surface area contributed by atoms with Crippen LogP contribution in [0.5, 0.6) is 0 Å². The monoisotopic (exact) mass is 239 g/mol. The Morgan fingerprint density at radius 1 is 1.35 bits per heavy atom. The Morgan fingerprint density at radius 3 is 2.47 bits per heavy atom. The summed E-state index contributed by atoms with van der Waals surface area (Å²) in [7, 11) is 0. The topological polar surface area (TPSA) is 38.8 Å². The summed E-state index contributed by atoms with van der Waals surface area (Å²) < 4.78 is 11.1. The lowest BCUT2D eigenvalue weighted by Crippen LogP contribution is -2.47. The summed E-state index contributed by atoms with van der Waals surface area (Å²) in [5.74, 6) is 0. The molecule has 0 atom stereocenters. The molecule has 1 fully saturated rings. The number of piperidine rings is 1. The van der Waals surface area contributed by atoms with Crippen molar-refractivity contribution in [1.29, 1.82) is 0 Å². The number of rotatable bonds is 0. The smallest absolute Gasteiger partial charge is 0.410 e. The first kappa shape index (κ1) is 12.4. The van der Waals surface area contributed by atoms with Crippen LogP contribution in [0.15, 0.2) is 12.2 Å². The van der Waals surface area contributed by atoms with E-state index in [1.807, 2.05) is 20.8 Å². The van der Waals surface area contributed by atoms with Crippen LogP contribution in [0.4, 0.5) is 4.79 Å². The summed E-state index contributed by atoms with van der Waals surface area (Å²) in [5, 5.41) is 0. The minimum atomic E-state index is -0.421. The first-order valence-electron chi connectivity index (χ1n) is 6.20. The van der Waals surface area contributed by atoms with Crippen molar-refractivity contribution in [3.63, 3.8) is 0 Å². The molecule has 0 aliphatic carbocycles. The van der Waals surface area contributed by atoms with Gasteiger partial charge in [0.25, 0.3) is 0 Å². The van der Waals surface area contributed by atoms with Crippen LogP contribution < -0.4 is 0 Å². The lowest BCUT2D eigenvalue weighted by molar-refractivity contribution is -0.0324.